The summed E-state index contributed by atoms with van der Waals surface area (Å²) in [5.74, 6) is -0.906. The van der Waals surface area contributed by atoms with Crippen LogP contribution in [-0.4, -0.2) is 41.5 Å². The van der Waals surface area contributed by atoms with E-state index in [1.807, 2.05) is 0 Å². The minimum atomic E-state index is -4.84. The highest BCUT2D eigenvalue weighted by molar-refractivity contribution is 5.95. The number of carbonyl (C=O) groups is 1. The SMILES string of the molecule is Nc1cc(C(=O)N2CCC[C@@H]2CO)ccc1OC(F)(F)F. The van der Waals surface area contributed by atoms with Gasteiger partial charge in [-0.1, -0.05) is 0 Å². The first-order chi connectivity index (χ1) is 9.81. The van der Waals surface area contributed by atoms with Crippen molar-refractivity contribution in [2.75, 3.05) is 18.9 Å². The molecule has 8 heteroatoms. The minimum Gasteiger partial charge on any atom is -0.404 e. The first-order valence-corrected chi connectivity index (χ1v) is 6.39. The molecule has 1 aliphatic rings. The Kier molecular flexibility index (Phi) is 4.26. The van der Waals surface area contributed by atoms with Gasteiger partial charge in [0.1, 0.15) is 0 Å². The zero-order chi connectivity index (χ0) is 15.6. The topological polar surface area (TPSA) is 75.8 Å². The molecule has 0 aliphatic carbocycles. The number of benzene rings is 1. The maximum Gasteiger partial charge on any atom is 0.573 e. The van der Waals surface area contributed by atoms with Gasteiger partial charge in [-0.05, 0) is 31.0 Å². The van der Waals surface area contributed by atoms with E-state index in [-0.39, 0.29) is 29.8 Å². The van der Waals surface area contributed by atoms with E-state index in [1.165, 1.54) is 11.0 Å². The second-order valence-electron chi connectivity index (χ2n) is 4.78. The van der Waals surface area contributed by atoms with Gasteiger partial charge in [-0.3, -0.25) is 4.79 Å². The van der Waals surface area contributed by atoms with Crippen molar-refractivity contribution in [3.8, 4) is 5.75 Å². The van der Waals surface area contributed by atoms with Crippen molar-refractivity contribution >= 4 is 11.6 Å². The first kappa shape index (κ1) is 15.4. The number of anilines is 1. The van der Waals surface area contributed by atoms with E-state index < -0.39 is 12.1 Å². The number of likely N-dealkylation sites (tertiary alicyclic amines) is 1. The molecule has 1 aromatic rings. The van der Waals surface area contributed by atoms with E-state index in [0.29, 0.717) is 13.0 Å². The number of aliphatic hydroxyl groups is 1. The van der Waals surface area contributed by atoms with Gasteiger partial charge in [0.25, 0.3) is 5.91 Å². The lowest BCUT2D eigenvalue weighted by atomic mass is 10.1. The molecular weight excluding hydrogens is 289 g/mol. The average Bonchev–Trinajstić information content (AvgIpc) is 2.87. The molecule has 0 bridgehead atoms. The van der Waals surface area contributed by atoms with Crippen LogP contribution in [0, 0.1) is 0 Å². The number of nitrogens with two attached hydrogens (primary N) is 1. The highest BCUT2D eigenvalue weighted by Crippen LogP contribution is 2.30. The number of halogens is 3. The molecule has 1 fully saturated rings. The summed E-state index contributed by atoms with van der Waals surface area (Å²) in [5.41, 5.74) is 5.39. The Bertz CT molecular complexity index is 534. The van der Waals surface area contributed by atoms with E-state index in [9.17, 15) is 23.1 Å². The standard InChI is InChI=1S/C13H15F3N2O3/c14-13(15,16)21-11-4-3-8(6-10(11)17)12(20)18-5-1-2-9(18)7-19/h3-4,6,9,19H,1-2,5,7,17H2/t9-/m1/s1. The lowest BCUT2D eigenvalue weighted by Gasteiger charge is -2.23. The summed E-state index contributed by atoms with van der Waals surface area (Å²) >= 11 is 0. The molecule has 0 aromatic heterocycles. The largest absolute Gasteiger partial charge is 0.573 e. The van der Waals surface area contributed by atoms with Crippen molar-refractivity contribution in [2.24, 2.45) is 0 Å². The Morgan fingerprint density at radius 2 is 2.19 bits per heavy atom. The number of hydrogen-bond donors (Lipinski definition) is 2. The normalized spacial score (nSPS) is 18.9. The second-order valence-corrected chi connectivity index (χ2v) is 4.78. The highest BCUT2D eigenvalue weighted by Gasteiger charge is 2.33. The van der Waals surface area contributed by atoms with Crippen molar-refractivity contribution in [1.29, 1.82) is 0 Å². The monoisotopic (exact) mass is 304 g/mol. The molecule has 1 saturated heterocycles. The lowest BCUT2D eigenvalue weighted by Crippen LogP contribution is -2.37. The molecular formula is C13H15F3N2O3. The van der Waals surface area contributed by atoms with Gasteiger partial charge in [0.2, 0.25) is 0 Å². The molecule has 2 rings (SSSR count). The third-order valence-electron chi connectivity index (χ3n) is 3.33. The molecule has 1 aromatic carbocycles. The Labute approximate surface area is 119 Å². The number of nitrogens with zero attached hydrogens (tertiary/aromatic N) is 1. The third-order valence-corrected chi connectivity index (χ3v) is 3.33. The predicted molar refractivity (Wildman–Crippen MR) is 68.7 cm³/mol. The van der Waals surface area contributed by atoms with Gasteiger partial charge >= 0.3 is 6.36 Å². The van der Waals surface area contributed by atoms with Crippen molar-refractivity contribution in [3.63, 3.8) is 0 Å². The van der Waals surface area contributed by atoms with Crippen LogP contribution in [0.4, 0.5) is 18.9 Å². The smallest absolute Gasteiger partial charge is 0.404 e. The van der Waals surface area contributed by atoms with Crippen LogP contribution < -0.4 is 10.5 Å². The number of alkyl halides is 3. The van der Waals surface area contributed by atoms with E-state index in [0.717, 1.165) is 18.6 Å². The van der Waals surface area contributed by atoms with Crippen LogP contribution in [0.5, 0.6) is 5.75 Å². The zero-order valence-electron chi connectivity index (χ0n) is 11.1. The predicted octanol–water partition coefficient (Wildman–Crippen LogP) is 1.76. The van der Waals surface area contributed by atoms with Gasteiger partial charge < -0.3 is 20.5 Å². The Balaban J connectivity index is 2.18. The zero-order valence-corrected chi connectivity index (χ0v) is 11.1. The van der Waals surface area contributed by atoms with Crippen LogP contribution in [0.3, 0.4) is 0 Å². The molecule has 21 heavy (non-hydrogen) atoms. The van der Waals surface area contributed by atoms with Gasteiger partial charge in [0, 0.05) is 12.1 Å². The van der Waals surface area contributed by atoms with Crippen LogP contribution in [0.1, 0.15) is 23.2 Å². The van der Waals surface area contributed by atoms with Crippen molar-refractivity contribution in [1.82, 2.24) is 4.90 Å². The summed E-state index contributed by atoms with van der Waals surface area (Å²) in [6.45, 7) is 0.362. The van der Waals surface area contributed by atoms with Crippen molar-refractivity contribution in [3.05, 3.63) is 23.8 Å². The van der Waals surface area contributed by atoms with Crippen molar-refractivity contribution in [2.45, 2.75) is 25.2 Å². The number of aliphatic hydroxyl groups excluding tert-OH is 1. The Morgan fingerprint density at radius 1 is 1.48 bits per heavy atom. The van der Waals surface area contributed by atoms with E-state index in [4.69, 9.17) is 5.73 Å². The van der Waals surface area contributed by atoms with Crippen LogP contribution in [-0.2, 0) is 0 Å². The summed E-state index contributed by atoms with van der Waals surface area (Å²) in [7, 11) is 0. The average molecular weight is 304 g/mol. The maximum absolute atomic E-state index is 12.3. The van der Waals surface area contributed by atoms with Crippen LogP contribution in [0.25, 0.3) is 0 Å². The molecule has 116 valence electrons. The van der Waals surface area contributed by atoms with E-state index in [1.54, 1.807) is 0 Å². The summed E-state index contributed by atoms with van der Waals surface area (Å²) in [6, 6.07) is 3.13. The number of rotatable bonds is 3. The number of hydrogen-bond acceptors (Lipinski definition) is 4. The molecule has 0 saturated carbocycles. The lowest BCUT2D eigenvalue weighted by molar-refractivity contribution is -0.274. The summed E-state index contributed by atoms with van der Waals surface area (Å²) in [5, 5.41) is 9.19. The third kappa shape index (κ3) is 3.57. The number of ether oxygens (including phenoxy) is 1. The van der Waals surface area contributed by atoms with E-state index in [2.05, 4.69) is 4.74 Å². The quantitative estimate of drug-likeness (QED) is 0.834. The fourth-order valence-corrected chi connectivity index (χ4v) is 2.36. The second kappa shape index (κ2) is 5.80. The molecule has 0 unspecified atom stereocenters. The first-order valence-electron chi connectivity index (χ1n) is 6.39. The summed E-state index contributed by atoms with van der Waals surface area (Å²) in [4.78, 5) is 13.8. The molecule has 0 radical (unpaired) electrons. The van der Waals surface area contributed by atoms with Crippen LogP contribution in [0.15, 0.2) is 18.2 Å². The fraction of sp³-hybridized carbons (Fsp3) is 0.462. The molecule has 1 heterocycles. The van der Waals surface area contributed by atoms with Gasteiger partial charge in [0.05, 0.1) is 18.3 Å². The molecule has 1 aliphatic heterocycles. The highest BCUT2D eigenvalue weighted by atomic mass is 19.4. The van der Waals surface area contributed by atoms with E-state index >= 15 is 0 Å². The van der Waals surface area contributed by atoms with Gasteiger partial charge in [-0.2, -0.15) is 0 Å². The molecule has 1 atom stereocenters. The number of nitrogen functional groups attached to an aromatic ring is 1. The minimum absolute atomic E-state index is 0.142. The molecule has 5 nitrogen and oxygen atoms in total. The Hall–Kier alpha value is -1.96. The summed E-state index contributed by atoms with van der Waals surface area (Å²) < 4.78 is 40.2. The number of carbonyl (C=O) groups excluding carboxylic acids is 1. The fourth-order valence-electron chi connectivity index (χ4n) is 2.36. The molecule has 3 N–H and O–H groups in total. The van der Waals surface area contributed by atoms with Gasteiger partial charge in [-0.25, -0.2) is 0 Å². The molecule has 0 spiro atoms. The van der Waals surface area contributed by atoms with Gasteiger partial charge in [-0.15, -0.1) is 13.2 Å². The van der Waals surface area contributed by atoms with Crippen LogP contribution in [0.2, 0.25) is 0 Å². The maximum atomic E-state index is 12.3. The van der Waals surface area contributed by atoms with Crippen molar-refractivity contribution < 1.29 is 27.8 Å². The Morgan fingerprint density at radius 3 is 2.76 bits per heavy atom. The van der Waals surface area contributed by atoms with Crippen LogP contribution >= 0.6 is 0 Å². The molecule has 1 amide bonds. The number of amides is 1. The summed E-state index contributed by atoms with van der Waals surface area (Å²) in [6.07, 6.45) is -3.36. The van der Waals surface area contributed by atoms with Gasteiger partial charge in [0.15, 0.2) is 5.75 Å².